The van der Waals surface area contributed by atoms with Crippen molar-refractivity contribution in [1.82, 2.24) is 4.98 Å². The first kappa shape index (κ1) is 18.3. The van der Waals surface area contributed by atoms with Gasteiger partial charge in [-0.15, -0.1) is 11.3 Å². The number of methoxy groups -OCH3 is 1. The number of nitrogens with zero attached hydrogens (tertiary/aromatic N) is 2. The number of hydrogen-bond donors (Lipinski definition) is 1. The highest BCUT2D eigenvalue weighted by molar-refractivity contribution is 7.13. The molecule has 0 aliphatic rings. The zero-order valence-corrected chi connectivity index (χ0v) is 14.2. The monoisotopic (exact) mass is 379 g/mol. The summed E-state index contributed by atoms with van der Waals surface area (Å²) in [4.78, 5) is 16.9. The molecule has 0 bridgehead atoms. The molecule has 0 unspecified atom stereocenters. The minimum absolute atomic E-state index is 0.0931. The van der Waals surface area contributed by atoms with E-state index >= 15 is 0 Å². The van der Waals surface area contributed by atoms with Gasteiger partial charge in [-0.2, -0.15) is 13.2 Å². The summed E-state index contributed by atoms with van der Waals surface area (Å²) >= 11 is 6.68. The van der Waals surface area contributed by atoms with Crippen LogP contribution in [0.1, 0.15) is 5.69 Å². The number of ether oxygens (including phenoxy) is 1. The van der Waals surface area contributed by atoms with E-state index in [2.05, 4.69) is 10.3 Å². The van der Waals surface area contributed by atoms with Crippen LogP contribution in [0, 0.1) is 0 Å². The summed E-state index contributed by atoms with van der Waals surface area (Å²) in [6, 6.07) is 4.72. The van der Waals surface area contributed by atoms with E-state index in [1.807, 2.05) is 0 Å². The van der Waals surface area contributed by atoms with E-state index in [-0.39, 0.29) is 11.7 Å². The van der Waals surface area contributed by atoms with Gasteiger partial charge in [-0.05, 0) is 18.2 Å². The Hall–Kier alpha value is -2.00. The molecule has 0 aliphatic heterocycles. The quantitative estimate of drug-likeness (QED) is 0.856. The molecule has 1 aromatic heterocycles. The number of aromatic nitrogens is 1. The van der Waals surface area contributed by atoms with E-state index in [4.69, 9.17) is 16.3 Å². The number of carbonyl (C=O) groups is 1. The Labute approximate surface area is 145 Å². The second kappa shape index (κ2) is 7.27. The van der Waals surface area contributed by atoms with E-state index in [0.717, 1.165) is 16.7 Å². The molecular formula is C14H13ClF3N3O2S. The van der Waals surface area contributed by atoms with Gasteiger partial charge in [-0.1, -0.05) is 11.6 Å². The number of halogens is 4. The van der Waals surface area contributed by atoms with Gasteiger partial charge in [-0.25, -0.2) is 4.98 Å². The van der Waals surface area contributed by atoms with Crippen molar-refractivity contribution in [2.45, 2.75) is 6.18 Å². The highest BCUT2D eigenvalue weighted by atomic mass is 35.5. The Bertz CT molecular complexity index is 736. The Morgan fingerprint density at radius 3 is 2.75 bits per heavy atom. The summed E-state index contributed by atoms with van der Waals surface area (Å²) in [5.41, 5.74) is -0.607. The molecule has 1 amide bonds. The third-order valence-corrected chi connectivity index (χ3v) is 4.12. The number of carbonyl (C=O) groups excluding carboxylic acids is 1. The van der Waals surface area contributed by atoms with Crippen LogP contribution in [0.2, 0.25) is 5.02 Å². The summed E-state index contributed by atoms with van der Waals surface area (Å²) in [5, 5.41) is 4.02. The molecular weight excluding hydrogens is 367 g/mol. The first-order chi connectivity index (χ1) is 11.2. The fourth-order valence-corrected chi connectivity index (χ4v) is 2.79. The Morgan fingerprint density at radius 1 is 1.46 bits per heavy atom. The number of benzene rings is 1. The van der Waals surface area contributed by atoms with E-state index in [1.54, 1.807) is 12.1 Å². The molecule has 0 fully saturated rings. The molecule has 1 aromatic carbocycles. The second-order valence-electron chi connectivity index (χ2n) is 4.76. The number of rotatable bonds is 5. The number of anilines is 2. The van der Waals surface area contributed by atoms with Crippen LogP contribution in [-0.4, -0.2) is 31.6 Å². The maximum absolute atomic E-state index is 12.6. The Morgan fingerprint density at radius 2 is 2.17 bits per heavy atom. The number of likely N-dealkylation sites (N-methyl/N-ethyl adjacent to an activating group) is 1. The molecule has 1 heterocycles. The number of hydrogen-bond acceptors (Lipinski definition) is 5. The van der Waals surface area contributed by atoms with Gasteiger partial charge in [0.15, 0.2) is 10.8 Å². The molecule has 0 saturated carbocycles. The van der Waals surface area contributed by atoms with Crippen molar-refractivity contribution in [2.75, 3.05) is 30.9 Å². The van der Waals surface area contributed by atoms with Gasteiger partial charge in [0, 0.05) is 17.5 Å². The molecule has 130 valence electrons. The van der Waals surface area contributed by atoms with Crippen molar-refractivity contribution in [2.24, 2.45) is 0 Å². The van der Waals surface area contributed by atoms with Gasteiger partial charge in [-0.3, -0.25) is 4.79 Å². The predicted molar refractivity (Wildman–Crippen MR) is 87.0 cm³/mol. The normalized spacial score (nSPS) is 11.2. The molecule has 10 heteroatoms. The van der Waals surface area contributed by atoms with Gasteiger partial charge in [0.25, 0.3) is 0 Å². The molecule has 0 spiro atoms. The fourth-order valence-electron chi connectivity index (χ4n) is 1.82. The summed E-state index contributed by atoms with van der Waals surface area (Å²) in [5.74, 6) is -0.0224. The predicted octanol–water partition coefficient (Wildman–Crippen LogP) is 3.90. The summed E-state index contributed by atoms with van der Waals surface area (Å²) in [7, 11) is 2.92. The van der Waals surface area contributed by atoms with Crippen LogP contribution in [-0.2, 0) is 11.0 Å². The van der Waals surface area contributed by atoms with Gasteiger partial charge >= 0.3 is 6.18 Å². The van der Waals surface area contributed by atoms with Crippen LogP contribution in [0.4, 0.5) is 24.0 Å². The average Bonchev–Trinajstić information content (AvgIpc) is 2.97. The topological polar surface area (TPSA) is 54.5 Å². The highest BCUT2D eigenvalue weighted by Crippen LogP contribution is 2.32. The molecule has 2 aromatic rings. The minimum Gasteiger partial charge on any atom is -0.495 e. The molecule has 24 heavy (non-hydrogen) atoms. The first-order valence-electron chi connectivity index (χ1n) is 6.58. The zero-order chi connectivity index (χ0) is 17.9. The Balaban J connectivity index is 2.04. The summed E-state index contributed by atoms with van der Waals surface area (Å²) < 4.78 is 42.8. The summed E-state index contributed by atoms with van der Waals surface area (Å²) in [6.07, 6.45) is -4.51. The summed E-state index contributed by atoms with van der Waals surface area (Å²) in [6.45, 7) is -0.180. The number of thiazole rings is 1. The van der Waals surface area contributed by atoms with E-state index in [0.29, 0.717) is 16.5 Å². The molecule has 0 aliphatic carbocycles. The lowest BCUT2D eigenvalue weighted by Crippen LogP contribution is -2.30. The lowest BCUT2D eigenvalue weighted by atomic mass is 10.3. The van der Waals surface area contributed by atoms with Crippen molar-refractivity contribution in [3.63, 3.8) is 0 Å². The van der Waals surface area contributed by atoms with Gasteiger partial charge in [0.05, 0.1) is 19.3 Å². The van der Waals surface area contributed by atoms with Crippen LogP contribution < -0.4 is 15.0 Å². The van der Waals surface area contributed by atoms with E-state index in [9.17, 15) is 18.0 Å². The lowest BCUT2D eigenvalue weighted by molar-refractivity contribution is -0.140. The highest BCUT2D eigenvalue weighted by Gasteiger charge is 2.34. The van der Waals surface area contributed by atoms with E-state index in [1.165, 1.54) is 25.1 Å². The molecule has 0 atom stereocenters. The van der Waals surface area contributed by atoms with Crippen LogP contribution in [0.25, 0.3) is 0 Å². The molecule has 0 radical (unpaired) electrons. The standard InChI is InChI=1S/C14H13ClF3N3O2S/c1-21(13-20-11(7-24-13)14(16,17)18)6-12(22)19-9-5-8(15)3-4-10(9)23-2/h3-5,7H,6H2,1-2H3,(H,19,22). The molecule has 1 N–H and O–H groups in total. The molecule has 0 saturated heterocycles. The van der Waals surface area contributed by atoms with Crippen molar-refractivity contribution in [3.05, 3.63) is 34.3 Å². The van der Waals surface area contributed by atoms with Crippen LogP contribution in [0.15, 0.2) is 23.6 Å². The maximum Gasteiger partial charge on any atom is 0.434 e. The van der Waals surface area contributed by atoms with E-state index < -0.39 is 17.8 Å². The molecule has 5 nitrogen and oxygen atoms in total. The van der Waals surface area contributed by atoms with Crippen LogP contribution >= 0.6 is 22.9 Å². The van der Waals surface area contributed by atoms with Crippen molar-refractivity contribution in [1.29, 1.82) is 0 Å². The lowest BCUT2D eigenvalue weighted by Gasteiger charge is -2.16. The largest absolute Gasteiger partial charge is 0.495 e. The zero-order valence-electron chi connectivity index (χ0n) is 12.6. The van der Waals surface area contributed by atoms with Crippen molar-refractivity contribution >= 4 is 39.7 Å². The fraction of sp³-hybridized carbons (Fsp3) is 0.286. The van der Waals surface area contributed by atoms with Crippen LogP contribution in [0.5, 0.6) is 5.75 Å². The average molecular weight is 380 g/mol. The number of amides is 1. The second-order valence-corrected chi connectivity index (χ2v) is 6.03. The molecule has 2 rings (SSSR count). The van der Waals surface area contributed by atoms with Gasteiger partial charge in [0.1, 0.15) is 5.75 Å². The smallest absolute Gasteiger partial charge is 0.434 e. The minimum atomic E-state index is -4.51. The third-order valence-electron chi connectivity index (χ3n) is 2.93. The van der Waals surface area contributed by atoms with Gasteiger partial charge < -0.3 is 15.0 Å². The van der Waals surface area contributed by atoms with Crippen molar-refractivity contribution < 1.29 is 22.7 Å². The van der Waals surface area contributed by atoms with Crippen LogP contribution in [0.3, 0.4) is 0 Å². The SMILES string of the molecule is COc1ccc(Cl)cc1NC(=O)CN(C)c1nc(C(F)(F)F)cs1. The third kappa shape index (κ3) is 4.51. The van der Waals surface area contributed by atoms with Gasteiger partial charge in [0.2, 0.25) is 5.91 Å². The Kier molecular flexibility index (Phi) is 5.55. The number of alkyl halides is 3. The number of nitrogens with one attached hydrogen (secondary N) is 1. The van der Waals surface area contributed by atoms with Crippen molar-refractivity contribution in [3.8, 4) is 5.75 Å². The maximum atomic E-state index is 12.6. The first-order valence-corrected chi connectivity index (χ1v) is 7.83.